The van der Waals surface area contributed by atoms with Gasteiger partial charge >= 0.3 is 0 Å². The molecule has 0 aliphatic carbocycles. The second kappa shape index (κ2) is 10.4. The Labute approximate surface area is 104 Å². The molecule has 0 spiro atoms. The third-order valence-corrected chi connectivity index (χ3v) is 2.75. The molecule has 2 atom stereocenters. The molecule has 0 aliphatic rings. The van der Waals surface area contributed by atoms with Gasteiger partial charge in [0.15, 0.2) is 0 Å². The molecule has 0 aliphatic heterocycles. The monoisotopic (exact) mass is 242 g/mol. The molecular formula is C12H26N4O. The number of nitrogens with zero attached hydrogens (tertiary/aromatic N) is 4. The van der Waals surface area contributed by atoms with E-state index in [1.807, 2.05) is 6.92 Å². The van der Waals surface area contributed by atoms with Gasteiger partial charge in [0.2, 0.25) is 0 Å². The second-order valence-electron chi connectivity index (χ2n) is 4.43. The van der Waals surface area contributed by atoms with Crippen molar-refractivity contribution < 1.29 is 5.11 Å². The summed E-state index contributed by atoms with van der Waals surface area (Å²) in [6, 6.07) is -0.291. The van der Waals surface area contributed by atoms with Crippen molar-refractivity contribution in [2.75, 3.05) is 19.6 Å². The van der Waals surface area contributed by atoms with Gasteiger partial charge in [0.1, 0.15) is 0 Å². The lowest BCUT2D eigenvalue weighted by molar-refractivity contribution is 0.0881. The molecule has 0 aromatic carbocycles. The average molecular weight is 242 g/mol. The van der Waals surface area contributed by atoms with E-state index in [4.69, 9.17) is 5.53 Å². The van der Waals surface area contributed by atoms with Gasteiger partial charge in [-0.25, -0.2) is 0 Å². The van der Waals surface area contributed by atoms with E-state index in [0.717, 1.165) is 38.8 Å². The predicted octanol–water partition coefficient (Wildman–Crippen LogP) is 2.95. The van der Waals surface area contributed by atoms with Crippen molar-refractivity contribution in [2.45, 2.75) is 58.6 Å². The van der Waals surface area contributed by atoms with Crippen LogP contribution in [0.15, 0.2) is 5.11 Å². The summed E-state index contributed by atoms with van der Waals surface area (Å²) >= 11 is 0. The molecule has 0 saturated carbocycles. The second-order valence-corrected chi connectivity index (χ2v) is 4.43. The highest BCUT2D eigenvalue weighted by atomic mass is 16.3. The Bertz CT molecular complexity index is 223. The smallest absolute Gasteiger partial charge is 0.0751 e. The fourth-order valence-corrected chi connectivity index (χ4v) is 2.00. The summed E-state index contributed by atoms with van der Waals surface area (Å²) in [7, 11) is 0. The van der Waals surface area contributed by atoms with Gasteiger partial charge in [-0.05, 0) is 37.9 Å². The quantitative estimate of drug-likeness (QED) is 0.363. The summed E-state index contributed by atoms with van der Waals surface area (Å²) in [5.74, 6) is 0. The predicted molar refractivity (Wildman–Crippen MR) is 70.9 cm³/mol. The molecule has 1 N–H and O–H groups in total. The van der Waals surface area contributed by atoms with Gasteiger partial charge in [-0.2, -0.15) is 0 Å². The maximum absolute atomic E-state index is 10.1. The highest BCUT2D eigenvalue weighted by molar-refractivity contribution is 4.78. The number of aliphatic hydroxyl groups is 1. The average Bonchev–Trinajstić information content (AvgIpc) is 2.29. The maximum Gasteiger partial charge on any atom is 0.0751 e. The molecule has 0 amide bonds. The Morgan fingerprint density at radius 1 is 1.18 bits per heavy atom. The number of hydrogen-bond donors (Lipinski definition) is 1. The lowest BCUT2D eigenvalue weighted by Gasteiger charge is -2.26. The number of hydrogen-bond acceptors (Lipinski definition) is 3. The van der Waals surface area contributed by atoms with Gasteiger partial charge in [-0.3, -0.25) is 0 Å². The van der Waals surface area contributed by atoms with E-state index in [-0.39, 0.29) is 6.04 Å². The SMILES string of the molecule is CCC[C@H](N=[N+]=[N-])[C@H](O)CN(CCC)CCC. The van der Waals surface area contributed by atoms with Gasteiger partial charge in [0.05, 0.1) is 12.1 Å². The Hall–Kier alpha value is -0.770. The largest absolute Gasteiger partial charge is 0.391 e. The molecule has 0 fully saturated rings. The standard InChI is InChI=1S/C12H26N4O/c1-4-7-11(14-15-13)12(17)10-16(8-5-2)9-6-3/h11-12,17H,4-10H2,1-3H3/t11-,12+/m0/s1. The van der Waals surface area contributed by atoms with Crippen molar-refractivity contribution in [3.63, 3.8) is 0 Å². The van der Waals surface area contributed by atoms with E-state index < -0.39 is 6.10 Å². The van der Waals surface area contributed by atoms with Crippen LogP contribution in [0.3, 0.4) is 0 Å². The van der Waals surface area contributed by atoms with Crippen LogP contribution < -0.4 is 0 Å². The molecule has 0 heterocycles. The molecule has 0 saturated heterocycles. The number of rotatable bonds is 10. The van der Waals surface area contributed by atoms with E-state index >= 15 is 0 Å². The lowest BCUT2D eigenvalue weighted by atomic mass is 10.1. The summed E-state index contributed by atoms with van der Waals surface area (Å²) in [6.45, 7) is 8.87. The Balaban J connectivity index is 4.31. The van der Waals surface area contributed by atoms with Crippen LogP contribution in [-0.4, -0.2) is 41.8 Å². The van der Waals surface area contributed by atoms with Crippen LogP contribution in [0, 0.1) is 0 Å². The van der Waals surface area contributed by atoms with Gasteiger partial charge in [-0.15, -0.1) is 0 Å². The first kappa shape index (κ1) is 16.2. The molecule has 100 valence electrons. The molecule has 0 bridgehead atoms. The Morgan fingerprint density at radius 3 is 2.18 bits per heavy atom. The minimum atomic E-state index is -0.552. The third kappa shape index (κ3) is 7.21. The van der Waals surface area contributed by atoms with E-state index in [2.05, 4.69) is 28.8 Å². The normalized spacial score (nSPS) is 14.4. The van der Waals surface area contributed by atoms with E-state index in [1.165, 1.54) is 0 Å². The van der Waals surface area contributed by atoms with Crippen molar-refractivity contribution in [2.24, 2.45) is 5.11 Å². The first-order valence-electron chi connectivity index (χ1n) is 6.64. The highest BCUT2D eigenvalue weighted by Crippen LogP contribution is 2.10. The third-order valence-electron chi connectivity index (χ3n) is 2.75. The van der Waals surface area contributed by atoms with Gasteiger partial charge in [0, 0.05) is 11.5 Å². The molecule has 17 heavy (non-hydrogen) atoms. The van der Waals surface area contributed by atoms with Gasteiger partial charge in [0.25, 0.3) is 0 Å². The fraction of sp³-hybridized carbons (Fsp3) is 1.00. The maximum atomic E-state index is 10.1. The van der Waals surface area contributed by atoms with Gasteiger partial charge < -0.3 is 10.0 Å². The topological polar surface area (TPSA) is 72.2 Å². The zero-order chi connectivity index (χ0) is 13.1. The fourth-order valence-electron chi connectivity index (χ4n) is 2.00. The Morgan fingerprint density at radius 2 is 1.76 bits per heavy atom. The van der Waals surface area contributed by atoms with Crippen LogP contribution in [0.1, 0.15) is 46.5 Å². The molecule has 0 radical (unpaired) electrons. The molecule has 0 rings (SSSR count). The number of aliphatic hydroxyl groups excluding tert-OH is 1. The highest BCUT2D eigenvalue weighted by Gasteiger charge is 2.19. The molecule has 0 aromatic heterocycles. The summed E-state index contributed by atoms with van der Waals surface area (Å²) in [4.78, 5) is 5.06. The van der Waals surface area contributed by atoms with Crippen molar-refractivity contribution in [1.82, 2.24) is 4.90 Å². The van der Waals surface area contributed by atoms with Crippen molar-refractivity contribution in [3.8, 4) is 0 Å². The van der Waals surface area contributed by atoms with E-state index in [9.17, 15) is 5.11 Å². The molecule has 0 aromatic rings. The van der Waals surface area contributed by atoms with E-state index in [1.54, 1.807) is 0 Å². The number of azide groups is 1. The molecule has 5 heteroatoms. The Kier molecular flexibility index (Phi) is 9.92. The van der Waals surface area contributed by atoms with Gasteiger partial charge in [-0.1, -0.05) is 32.3 Å². The van der Waals surface area contributed by atoms with Crippen molar-refractivity contribution in [3.05, 3.63) is 10.4 Å². The summed E-state index contributed by atoms with van der Waals surface area (Å²) in [5, 5.41) is 13.8. The molecular weight excluding hydrogens is 216 g/mol. The van der Waals surface area contributed by atoms with Crippen molar-refractivity contribution >= 4 is 0 Å². The molecule has 0 unspecified atom stereocenters. The summed E-state index contributed by atoms with van der Waals surface area (Å²) in [5.41, 5.74) is 8.49. The zero-order valence-electron chi connectivity index (χ0n) is 11.3. The lowest BCUT2D eigenvalue weighted by Crippen LogP contribution is -2.39. The summed E-state index contributed by atoms with van der Waals surface area (Å²) in [6.07, 6.45) is 3.27. The first-order chi connectivity index (χ1) is 8.19. The van der Waals surface area contributed by atoms with E-state index in [0.29, 0.717) is 6.54 Å². The van der Waals surface area contributed by atoms with Crippen molar-refractivity contribution in [1.29, 1.82) is 0 Å². The molecule has 5 nitrogen and oxygen atoms in total. The van der Waals surface area contributed by atoms with Crippen LogP contribution in [0.5, 0.6) is 0 Å². The first-order valence-corrected chi connectivity index (χ1v) is 6.64. The van der Waals surface area contributed by atoms with Crippen LogP contribution in [-0.2, 0) is 0 Å². The van der Waals surface area contributed by atoms with Crippen LogP contribution in [0.25, 0.3) is 10.4 Å². The van der Waals surface area contributed by atoms with Crippen LogP contribution in [0.4, 0.5) is 0 Å². The summed E-state index contributed by atoms with van der Waals surface area (Å²) < 4.78 is 0. The minimum Gasteiger partial charge on any atom is -0.391 e. The zero-order valence-corrected chi connectivity index (χ0v) is 11.3. The minimum absolute atomic E-state index is 0.291. The van der Waals surface area contributed by atoms with Crippen LogP contribution >= 0.6 is 0 Å². The van der Waals surface area contributed by atoms with Crippen LogP contribution in [0.2, 0.25) is 0 Å².